The Labute approximate surface area is 94.2 Å². The van der Waals surface area contributed by atoms with Gasteiger partial charge in [0.15, 0.2) is 0 Å². The third kappa shape index (κ3) is 6.50. The number of hydrogen-bond donors (Lipinski definition) is 1. The molecule has 0 bridgehead atoms. The number of rotatable bonds is 8. The lowest BCUT2D eigenvalue weighted by Gasteiger charge is -2.22. The molecule has 0 aliphatic rings. The first kappa shape index (κ1) is 14.4. The SMILES string of the molecule is CCCCN(CC)C(=O)CC(C)NCC. The van der Waals surface area contributed by atoms with Gasteiger partial charge in [-0.05, 0) is 26.8 Å². The molecule has 0 aromatic heterocycles. The van der Waals surface area contributed by atoms with Crippen molar-refractivity contribution in [2.75, 3.05) is 19.6 Å². The summed E-state index contributed by atoms with van der Waals surface area (Å²) >= 11 is 0. The van der Waals surface area contributed by atoms with Crippen LogP contribution in [0.15, 0.2) is 0 Å². The summed E-state index contributed by atoms with van der Waals surface area (Å²) in [5, 5.41) is 3.26. The summed E-state index contributed by atoms with van der Waals surface area (Å²) in [4.78, 5) is 13.8. The number of nitrogens with zero attached hydrogens (tertiary/aromatic N) is 1. The van der Waals surface area contributed by atoms with Crippen molar-refractivity contribution < 1.29 is 4.79 Å². The van der Waals surface area contributed by atoms with Gasteiger partial charge in [0.05, 0.1) is 0 Å². The Kier molecular flexibility index (Phi) is 8.38. The molecule has 90 valence electrons. The van der Waals surface area contributed by atoms with Gasteiger partial charge >= 0.3 is 0 Å². The van der Waals surface area contributed by atoms with Crippen LogP contribution in [0.3, 0.4) is 0 Å². The zero-order chi connectivity index (χ0) is 11.7. The van der Waals surface area contributed by atoms with Crippen LogP contribution in [-0.4, -0.2) is 36.5 Å². The van der Waals surface area contributed by atoms with Crippen molar-refractivity contribution in [3.8, 4) is 0 Å². The maximum atomic E-state index is 11.9. The highest BCUT2D eigenvalue weighted by atomic mass is 16.2. The zero-order valence-corrected chi connectivity index (χ0v) is 10.7. The number of amides is 1. The molecule has 0 aromatic carbocycles. The number of carbonyl (C=O) groups is 1. The third-order valence-corrected chi connectivity index (χ3v) is 2.55. The van der Waals surface area contributed by atoms with Crippen molar-refractivity contribution in [3.05, 3.63) is 0 Å². The molecule has 0 heterocycles. The summed E-state index contributed by atoms with van der Waals surface area (Å²) in [6.07, 6.45) is 2.87. The summed E-state index contributed by atoms with van der Waals surface area (Å²) in [5.41, 5.74) is 0. The Morgan fingerprint density at radius 3 is 2.47 bits per heavy atom. The summed E-state index contributed by atoms with van der Waals surface area (Å²) in [5.74, 6) is 0.277. The standard InChI is InChI=1S/C12H26N2O/c1-5-8-9-14(7-3)12(15)10-11(4)13-6-2/h11,13H,5-10H2,1-4H3. The van der Waals surface area contributed by atoms with E-state index in [1.54, 1.807) is 0 Å². The molecule has 1 N–H and O–H groups in total. The van der Waals surface area contributed by atoms with Crippen LogP contribution in [0.1, 0.15) is 47.0 Å². The molecule has 0 aliphatic carbocycles. The second-order valence-electron chi connectivity index (χ2n) is 3.99. The smallest absolute Gasteiger partial charge is 0.224 e. The van der Waals surface area contributed by atoms with Crippen molar-refractivity contribution in [1.29, 1.82) is 0 Å². The molecule has 1 amide bonds. The van der Waals surface area contributed by atoms with E-state index in [2.05, 4.69) is 26.1 Å². The van der Waals surface area contributed by atoms with Gasteiger partial charge in [0.2, 0.25) is 5.91 Å². The Morgan fingerprint density at radius 1 is 1.33 bits per heavy atom. The first-order valence-corrected chi connectivity index (χ1v) is 6.16. The normalized spacial score (nSPS) is 12.5. The van der Waals surface area contributed by atoms with Crippen molar-refractivity contribution in [2.24, 2.45) is 0 Å². The van der Waals surface area contributed by atoms with Crippen LogP contribution in [0, 0.1) is 0 Å². The first-order valence-electron chi connectivity index (χ1n) is 6.16. The average Bonchev–Trinajstić information content (AvgIpc) is 2.19. The van der Waals surface area contributed by atoms with E-state index < -0.39 is 0 Å². The van der Waals surface area contributed by atoms with E-state index in [0.717, 1.165) is 32.5 Å². The molecule has 1 atom stereocenters. The average molecular weight is 214 g/mol. The Morgan fingerprint density at radius 2 is 2.00 bits per heavy atom. The lowest BCUT2D eigenvalue weighted by molar-refractivity contribution is -0.131. The quantitative estimate of drug-likeness (QED) is 0.670. The molecule has 0 spiro atoms. The summed E-state index contributed by atoms with van der Waals surface area (Å²) in [6, 6.07) is 0.290. The fourth-order valence-corrected chi connectivity index (χ4v) is 1.62. The lowest BCUT2D eigenvalue weighted by atomic mass is 10.2. The van der Waals surface area contributed by atoms with Crippen molar-refractivity contribution in [1.82, 2.24) is 10.2 Å². The van der Waals surface area contributed by atoms with E-state index in [1.165, 1.54) is 0 Å². The lowest BCUT2D eigenvalue weighted by Crippen LogP contribution is -2.37. The highest BCUT2D eigenvalue weighted by Crippen LogP contribution is 2.01. The second-order valence-corrected chi connectivity index (χ2v) is 3.99. The fraction of sp³-hybridized carbons (Fsp3) is 0.917. The molecule has 0 fully saturated rings. The minimum atomic E-state index is 0.277. The monoisotopic (exact) mass is 214 g/mol. The van der Waals surface area contributed by atoms with Gasteiger partial charge in [-0.2, -0.15) is 0 Å². The van der Waals surface area contributed by atoms with Gasteiger partial charge in [0, 0.05) is 25.6 Å². The van der Waals surface area contributed by atoms with E-state index in [-0.39, 0.29) is 11.9 Å². The van der Waals surface area contributed by atoms with E-state index in [4.69, 9.17) is 0 Å². The molecule has 0 rings (SSSR count). The molecule has 1 unspecified atom stereocenters. The maximum Gasteiger partial charge on any atom is 0.224 e. The summed E-state index contributed by atoms with van der Waals surface area (Å²) in [7, 11) is 0. The van der Waals surface area contributed by atoms with Gasteiger partial charge in [-0.3, -0.25) is 4.79 Å². The molecule has 0 radical (unpaired) electrons. The number of carbonyl (C=O) groups excluding carboxylic acids is 1. The molecule has 0 saturated carbocycles. The third-order valence-electron chi connectivity index (χ3n) is 2.55. The molecule has 3 nitrogen and oxygen atoms in total. The second kappa shape index (κ2) is 8.72. The predicted molar refractivity (Wildman–Crippen MR) is 64.9 cm³/mol. The number of nitrogens with one attached hydrogen (secondary N) is 1. The minimum absolute atomic E-state index is 0.277. The van der Waals surface area contributed by atoms with Gasteiger partial charge in [-0.15, -0.1) is 0 Å². The van der Waals surface area contributed by atoms with E-state index >= 15 is 0 Å². The van der Waals surface area contributed by atoms with Crippen LogP contribution in [0.4, 0.5) is 0 Å². The van der Waals surface area contributed by atoms with Crippen LogP contribution < -0.4 is 5.32 Å². The van der Waals surface area contributed by atoms with Crippen molar-refractivity contribution >= 4 is 5.91 Å². The molecular formula is C12H26N2O. The van der Waals surface area contributed by atoms with Crippen LogP contribution in [-0.2, 0) is 4.79 Å². The van der Waals surface area contributed by atoms with Gasteiger partial charge in [-0.1, -0.05) is 20.3 Å². The molecule has 0 aromatic rings. The van der Waals surface area contributed by atoms with E-state index in [1.807, 2.05) is 11.8 Å². The van der Waals surface area contributed by atoms with Gasteiger partial charge in [-0.25, -0.2) is 0 Å². The van der Waals surface area contributed by atoms with Crippen molar-refractivity contribution in [2.45, 2.75) is 53.0 Å². The summed E-state index contributed by atoms with van der Waals surface area (Å²) in [6.45, 7) is 11.0. The highest BCUT2D eigenvalue weighted by Gasteiger charge is 2.13. The Balaban J connectivity index is 3.91. The minimum Gasteiger partial charge on any atom is -0.343 e. The van der Waals surface area contributed by atoms with Crippen LogP contribution in [0.2, 0.25) is 0 Å². The largest absolute Gasteiger partial charge is 0.343 e. The molecule has 3 heteroatoms. The molecule has 0 saturated heterocycles. The topological polar surface area (TPSA) is 32.3 Å². The predicted octanol–water partition coefficient (Wildman–Crippen LogP) is 2.02. The summed E-state index contributed by atoms with van der Waals surface area (Å²) < 4.78 is 0. The molecule has 15 heavy (non-hydrogen) atoms. The van der Waals surface area contributed by atoms with Gasteiger partial charge in [0.1, 0.15) is 0 Å². The molecule has 0 aliphatic heterocycles. The van der Waals surface area contributed by atoms with Crippen molar-refractivity contribution in [3.63, 3.8) is 0 Å². The fourth-order valence-electron chi connectivity index (χ4n) is 1.62. The van der Waals surface area contributed by atoms with E-state index in [0.29, 0.717) is 6.42 Å². The Bertz CT molecular complexity index is 171. The van der Waals surface area contributed by atoms with Crippen LogP contribution in [0.5, 0.6) is 0 Å². The van der Waals surface area contributed by atoms with Gasteiger partial charge < -0.3 is 10.2 Å². The van der Waals surface area contributed by atoms with E-state index in [9.17, 15) is 4.79 Å². The zero-order valence-electron chi connectivity index (χ0n) is 10.7. The maximum absolute atomic E-state index is 11.9. The van der Waals surface area contributed by atoms with Crippen LogP contribution in [0.25, 0.3) is 0 Å². The Hall–Kier alpha value is -0.570. The highest BCUT2D eigenvalue weighted by molar-refractivity contribution is 5.76. The number of unbranched alkanes of at least 4 members (excludes halogenated alkanes) is 1. The van der Waals surface area contributed by atoms with Gasteiger partial charge in [0.25, 0.3) is 0 Å². The van der Waals surface area contributed by atoms with Crippen LogP contribution >= 0.6 is 0 Å². The molecular weight excluding hydrogens is 188 g/mol. The first-order chi connectivity index (χ1) is 7.15. The number of hydrogen-bond acceptors (Lipinski definition) is 2.